The van der Waals surface area contributed by atoms with Crippen molar-refractivity contribution in [3.8, 4) is 0 Å². The largest absolute Gasteiger partial charge is 0.357 e. The first kappa shape index (κ1) is 17.9. The number of aromatic nitrogens is 1. The van der Waals surface area contributed by atoms with E-state index in [1.165, 1.54) is 18.3 Å². The van der Waals surface area contributed by atoms with Crippen LogP contribution < -0.4 is 16.0 Å². The molecule has 1 heterocycles. The maximum atomic E-state index is 13.5. The fraction of sp³-hybridized carbons (Fsp3) is 0.533. The number of carbonyl (C=O) groups excluding carboxylic acids is 1. The summed E-state index contributed by atoms with van der Waals surface area (Å²) in [4.78, 5) is 19.9. The van der Waals surface area contributed by atoms with Gasteiger partial charge in [0.25, 0.3) is 0 Å². The summed E-state index contributed by atoms with van der Waals surface area (Å²) < 4.78 is 13.5. The lowest BCUT2D eigenvalue weighted by Crippen LogP contribution is -2.48. The molecular weight excluding hydrogens is 285 g/mol. The normalized spacial score (nSPS) is 12.0. The quantitative estimate of drug-likeness (QED) is 0.564. The van der Waals surface area contributed by atoms with E-state index in [0.29, 0.717) is 12.5 Å². The zero-order valence-electron chi connectivity index (χ0n) is 13.5. The second kappa shape index (κ2) is 8.31. The molecule has 0 aliphatic rings. The van der Waals surface area contributed by atoms with Gasteiger partial charge in [-0.05, 0) is 39.8 Å². The Labute approximate surface area is 130 Å². The fourth-order valence-electron chi connectivity index (χ4n) is 1.66. The first-order valence-corrected chi connectivity index (χ1v) is 7.24. The van der Waals surface area contributed by atoms with Crippen molar-refractivity contribution in [3.63, 3.8) is 0 Å². The Hall–Kier alpha value is -2.18. The van der Waals surface area contributed by atoms with Crippen molar-refractivity contribution in [2.45, 2.75) is 39.8 Å². The number of aliphatic imine (C=N–C) groups is 1. The molecule has 7 heteroatoms. The molecule has 0 saturated carbocycles. The van der Waals surface area contributed by atoms with Crippen LogP contribution in [0.2, 0.25) is 0 Å². The number of pyridine rings is 1. The van der Waals surface area contributed by atoms with E-state index >= 15 is 0 Å². The molecular formula is C15H24FN5O. The minimum absolute atomic E-state index is 0.0911. The van der Waals surface area contributed by atoms with Crippen LogP contribution in [0.3, 0.4) is 0 Å². The Balaban J connectivity index is 2.59. The topological polar surface area (TPSA) is 78.4 Å². The Morgan fingerprint density at radius 3 is 2.68 bits per heavy atom. The molecule has 0 bridgehead atoms. The first-order chi connectivity index (χ1) is 10.3. The van der Waals surface area contributed by atoms with Crippen LogP contribution in [0, 0.1) is 5.82 Å². The van der Waals surface area contributed by atoms with Crippen LogP contribution >= 0.6 is 0 Å². The standard InChI is InChI=1S/C15H24FN5O/c1-5-17-14(20-10-13(22)21-15(2,3)4)19-9-12-11(16)7-6-8-18-12/h6-8H,5,9-10H2,1-4H3,(H,21,22)(H2,17,19,20). The molecule has 0 aromatic carbocycles. The smallest absolute Gasteiger partial charge is 0.239 e. The molecule has 1 rings (SSSR count). The van der Waals surface area contributed by atoms with E-state index in [9.17, 15) is 9.18 Å². The fourth-order valence-corrected chi connectivity index (χ4v) is 1.66. The molecule has 0 aliphatic carbocycles. The monoisotopic (exact) mass is 309 g/mol. The van der Waals surface area contributed by atoms with Gasteiger partial charge in [-0.2, -0.15) is 0 Å². The van der Waals surface area contributed by atoms with E-state index in [4.69, 9.17) is 0 Å². The van der Waals surface area contributed by atoms with Crippen LogP contribution in [0.1, 0.15) is 33.4 Å². The summed E-state index contributed by atoms with van der Waals surface area (Å²) in [5.41, 5.74) is -0.0235. The first-order valence-electron chi connectivity index (χ1n) is 7.24. The van der Waals surface area contributed by atoms with Crippen LogP contribution in [0.5, 0.6) is 0 Å². The molecule has 6 nitrogen and oxygen atoms in total. The summed E-state index contributed by atoms with van der Waals surface area (Å²) in [5.74, 6) is -0.0914. The summed E-state index contributed by atoms with van der Waals surface area (Å²) in [6.07, 6.45) is 1.52. The molecule has 0 aliphatic heterocycles. The zero-order valence-corrected chi connectivity index (χ0v) is 13.5. The highest BCUT2D eigenvalue weighted by molar-refractivity contribution is 5.86. The Kier molecular flexibility index (Phi) is 6.75. The van der Waals surface area contributed by atoms with Gasteiger partial charge >= 0.3 is 0 Å². The number of nitrogens with zero attached hydrogens (tertiary/aromatic N) is 2. The van der Waals surface area contributed by atoms with Gasteiger partial charge in [-0.15, -0.1) is 0 Å². The molecule has 1 amide bonds. The van der Waals surface area contributed by atoms with Gasteiger partial charge in [0.05, 0.1) is 18.8 Å². The van der Waals surface area contributed by atoms with Gasteiger partial charge in [0, 0.05) is 18.3 Å². The lowest BCUT2D eigenvalue weighted by molar-refractivity contribution is -0.121. The molecule has 0 spiro atoms. The number of nitrogens with one attached hydrogen (secondary N) is 3. The van der Waals surface area contributed by atoms with Gasteiger partial charge in [0.1, 0.15) is 5.82 Å². The second-order valence-electron chi connectivity index (χ2n) is 5.78. The van der Waals surface area contributed by atoms with E-state index < -0.39 is 5.82 Å². The number of hydrogen-bond acceptors (Lipinski definition) is 3. The van der Waals surface area contributed by atoms with Gasteiger partial charge in [0.2, 0.25) is 5.91 Å². The molecule has 0 saturated heterocycles. The van der Waals surface area contributed by atoms with Crippen molar-refractivity contribution >= 4 is 11.9 Å². The molecule has 0 radical (unpaired) electrons. The van der Waals surface area contributed by atoms with Crippen molar-refractivity contribution in [2.24, 2.45) is 4.99 Å². The van der Waals surface area contributed by atoms with Crippen molar-refractivity contribution in [2.75, 3.05) is 13.1 Å². The maximum absolute atomic E-state index is 13.5. The van der Waals surface area contributed by atoms with Crippen molar-refractivity contribution in [3.05, 3.63) is 29.8 Å². The van der Waals surface area contributed by atoms with E-state index in [0.717, 1.165) is 0 Å². The predicted octanol–water partition coefficient (Wildman–Crippen LogP) is 1.19. The van der Waals surface area contributed by atoms with Crippen LogP contribution in [-0.2, 0) is 11.3 Å². The molecule has 0 unspecified atom stereocenters. The highest BCUT2D eigenvalue weighted by Gasteiger charge is 2.13. The third kappa shape index (κ3) is 7.01. The maximum Gasteiger partial charge on any atom is 0.239 e. The highest BCUT2D eigenvalue weighted by atomic mass is 19.1. The van der Waals surface area contributed by atoms with Crippen molar-refractivity contribution in [1.29, 1.82) is 0 Å². The van der Waals surface area contributed by atoms with Crippen LogP contribution in [-0.4, -0.2) is 35.5 Å². The average Bonchev–Trinajstić information content (AvgIpc) is 2.41. The zero-order chi connectivity index (χ0) is 16.6. The number of amides is 1. The molecule has 3 N–H and O–H groups in total. The third-order valence-electron chi connectivity index (χ3n) is 2.50. The van der Waals surface area contributed by atoms with Crippen LogP contribution in [0.4, 0.5) is 4.39 Å². The summed E-state index contributed by atoms with van der Waals surface area (Å²) in [6.45, 7) is 8.47. The van der Waals surface area contributed by atoms with E-state index in [-0.39, 0.29) is 30.2 Å². The van der Waals surface area contributed by atoms with Gasteiger partial charge in [-0.25, -0.2) is 9.38 Å². The minimum Gasteiger partial charge on any atom is -0.357 e. The van der Waals surface area contributed by atoms with Crippen LogP contribution in [0.25, 0.3) is 0 Å². The Morgan fingerprint density at radius 2 is 2.09 bits per heavy atom. The van der Waals surface area contributed by atoms with Crippen LogP contribution in [0.15, 0.2) is 23.3 Å². The Bertz CT molecular complexity index is 525. The molecule has 0 atom stereocenters. The molecule has 22 heavy (non-hydrogen) atoms. The lowest BCUT2D eigenvalue weighted by atomic mass is 10.1. The van der Waals surface area contributed by atoms with Gasteiger partial charge in [0.15, 0.2) is 5.96 Å². The van der Waals surface area contributed by atoms with Gasteiger partial charge in [-0.3, -0.25) is 9.78 Å². The number of hydrogen-bond donors (Lipinski definition) is 3. The summed E-state index contributed by atoms with van der Waals surface area (Å²) in [5, 5.41) is 8.75. The number of carbonyl (C=O) groups is 1. The summed E-state index contributed by atoms with van der Waals surface area (Å²) in [6, 6.07) is 2.87. The second-order valence-corrected chi connectivity index (χ2v) is 5.78. The van der Waals surface area contributed by atoms with Gasteiger partial charge in [-0.1, -0.05) is 0 Å². The lowest BCUT2D eigenvalue weighted by Gasteiger charge is -2.21. The van der Waals surface area contributed by atoms with E-state index in [1.807, 2.05) is 27.7 Å². The molecule has 1 aromatic heterocycles. The van der Waals surface area contributed by atoms with E-state index in [1.54, 1.807) is 0 Å². The summed E-state index contributed by atoms with van der Waals surface area (Å²) >= 11 is 0. The minimum atomic E-state index is -0.396. The highest BCUT2D eigenvalue weighted by Crippen LogP contribution is 2.03. The Morgan fingerprint density at radius 1 is 1.36 bits per heavy atom. The molecule has 1 aromatic rings. The third-order valence-corrected chi connectivity index (χ3v) is 2.50. The molecule has 0 fully saturated rings. The average molecular weight is 309 g/mol. The predicted molar refractivity (Wildman–Crippen MR) is 84.9 cm³/mol. The SMILES string of the molecule is CCNC(=NCc1ncccc1F)NCC(=O)NC(C)(C)C. The number of halogens is 1. The number of guanidine groups is 1. The summed E-state index contributed by atoms with van der Waals surface area (Å²) in [7, 11) is 0. The van der Waals surface area contributed by atoms with Gasteiger partial charge < -0.3 is 16.0 Å². The molecule has 122 valence electrons. The number of rotatable bonds is 5. The van der Waals surface area contributed by atoms with Crippen molar-refractivity contribution in [1.82, 2.24) is 20.9 Å². The van der Waals surface area contributed by atoms with E-state index in [2.05, 4.69) is 25.9 Å². The van der Waals surface area contributed by atoms with Crippen molar-refractivity contribution < 1.29 is 9.18 Å².